The van der Waals surface area contributed by atoms with Gasteiger partial charge in [0.15, 0.2) is 0 Å². The molecule has 1 aromatic heterocycles. The highest BCUT2D eigenvalue weighted by molar-refractivity contribution is 7.09. The fraction of sp³-hybridized carbons (Fsp3) is 0.722. The molecule has 0 saturated carbocycles. The minimum absolute atomic E-state index is 0.127. The van der Waals surface area contributed by atoms with E-state index < -0.39 is 29.1 Å². The highest BCUT2D eigenvalue weighted by atomic mass is 32.1. The number of aromatic nitrogens is 1. The molecule has 0 spiro atoms. The summed E-state index contributed by atoms with van der Waals surface area (Å²) in [5.74, 6) is -1.22. The summed E-state index contributed by atoms with van der Waals surface area (Å²) in [6.07, 6.45) is -4.75. The van der Waals surface area contributed by atoms with Gasteiger partial charge >= 0.3 is 6.18 Å². The van der Waals surface area contributed by atoms with E-state index in [1.54, 1.807) is 7.11 Å². The number of nitrogens with one attached hydrogen (secondary N) is 1. The molecule has 29 heavy (non-hydrogen) atoms. The number of carbonyl (C=O) groups excluding carboxylic acids is 2. The standard InChI is InChI=1S/C18H26F3N3O4S/c1-12-11-29-16(23-12)17(27,18(19,20)21)10-14(25)24-7-4-13(5-8-24)15(26)22-6-3-9-28-2/h11,13,27H,3-10H2,1-2H3,(H,22,26). The van der Waals surface area contributed by atoms with Crippen LogP contribution in [0.1, 0.15) is 36.4 Å². The minimum Gasteiger partial charge on any atom is -0.385 e. The zero-order chi connectivity index (χ0) is 21.7. The topological polar surface area (TPSA) is 91.8 Å². The molecule has 7 nitrogen and oxygen atoms in total. The lowest BCUT2D eigenvalue weighted by Crippen LogP contribution is -2.49. The average Bonchev–Trinajstić information content (AvgIpc) is 3.11. The van der Waals surface area contributed by atoms with Gasteiger partial charge < -0.3 is 20.1 Å². The third-order valence-corrected chi connectivity index (χ3v) is 6.00. The first kappa shape index (κ1) is 23.6. The predicted octanol–water partition coefficient (Wildman–Crippen LogP) is 1.98. The number of carbonyl (C=O) groups is 2. The summed E-state index contributed by atoms with van der Waals surface area (Å²) >= 11 is 0.674. The molecule has 0 bridgehead atoms. The first-order valence-electron chi connectivity index (χ1n) is 9.34. The van der Waals surface area contributed by atoms with Crippen LogP contribution in [0.15, 0.2) is 5.38 Å². The molecule has 1 aromatic rings. The van der Waals surface area contributed by atoms with Crippen LogP contribution in [-0.2, 0) is 19.9 Å². The number of likely N-dealkylation sites (tertiary alicyclic amines) is 1. The third-order valence-electron chi connectivity index (χ3n) is 4.89. The lowest BCUT2D eigenvalue weighted by Gasteiger charge is -2.34. The van der Waals surface area contributed by atoms with Gasteiger partial charge in [-0.25, -0.2) is 4.98 Å². The van der Waals surface area contributed by atoms with Crippen LogP contribution in [0, 0.1) is 12.8 Å². The minimum atomic E-state index is -5.03. The molecular formula is C18H26F3N3O4S. The number of aliphatic hydroxyl groups is 1. The maximum absolute atomic E-state index is 13.6. The number of hydrogen-bond acceptors (Lipinski definition) is 6. The van der Waals surface area contributed by atoms with Gasteiger partial charge in [0.05, 0.1) is 6.42 Å². The van der Waals surface area contributed by atoms with Crippen LogP contribution in [0.2, 0.25) is 0 Å². The third kappa shape index (κ3) is 5.89. The van der Waals surface area contributed by atoms with Crippen LogP contribution < -0.4 is 5.32 Å². The molecule has 2 N–H and O–H groups in total. The van der Waals surface area contributed by atoms with Crippen LogP contribution in [0.4, 0.5) is 13.2 Å². The Kier molecular flexibility index (Phi) is 8.01. The van der Waals surface area contributed by atoms with E-state index in [2.05, 4.69) is 10.3 Å². The van der Waals surface area contributed by atoms with E-state index in [4.69, 9.17) is 4.74 Å². The maximum Gasteiger partial charge on any atom is 0.424 e. The highest BCUT2D eigenvalue weighted by Crippen LogP contribution is 2.43. The Hall–Kier alpha value is -1.72. The first-order valence-corrected chi connectivity index (χ1v) is 10.2. The predicted molar refractivity (Wildman–Crippen MR) is 100 cm³/mol. The summed E-state index contributed by atoms with van der Waals surface area (Å²) in [4.78, 5) is 29.6. The molecule has 1 aliphatic rings. The van der Waals surface area contributed by atoms with E-state index in [0.717, 1.165) is 0 Å². The van der Waals surface area contributed by atoms with Gasteiger partial charge in [-0.3, -0.25) is 9.59 Å². The Labute approximate surface area is 171 Å². The molecule has 1 saturated heterocycles. The van der Waals surface area contributed by atoms with Crippen molar-refractivity contribution in [1.29, 1.82) is 0 Å². The Balaban J connectivity index is 1.93. The summed E-state index contributed by atoms with van der Waals surface area (Å²) in [6.45, 7) is 2.87. The van der Waals surface area contributed by atoms with Gasteiger partial charge in [0.1, 0.15) is 5.01 Å². The molecule has 0 aromatic carbocycles. The number of nitrogens with zero attached hydrogens (tertiary/aromatic N) is 2. The molecular weight excluding hydrogens is 411 g/mol. The second-order valence-corrected chi connectivity index (χ2v) is 7.98. The van der Waals surface area contributed by atoms with Crippen molar-refractivity contribution in [1.82, 2.24) is 15.2 Å². The summed E-state index contributed by atoms with van der Waals surface area (Å²) in [5.41, 5.74) is -2.98. The van der Waals surface area contributed by atoms with Crippen LogP contribution in [0.5, 0.6) is 0 Å². The van der Waals surface area contributed by atoms with E-state index in [0.29, 0.717) is 49.4 Å². The number of alkyl halides is 3. The maximum atomic E-state index is 13.6. The number of methoxy groups -OCH3 is 1. The molecule has 1 unspecified atom stereocenters. The van der Waals surface area contributed by atoms with Crippen LogP contribution in [-0.4, -0.2) is 66.3 Å². The number of piperidine rings is 1. The molecule has 2 amide bonds. The number of thiazole rings is 1. The monoisotopic (exact) mass is 437 g/mol. The van der Waals surface area contributed by atoms with Crippen molar-refractivity contribution in [3.63, 3.8) is 0 Å². The number of aryl methyl sites for hydroxylation is 1. The Morgan fingerprint density at radius 1 is 1.38 bits per heavy atom. The Morgan fingerprint density at radius 3 is 2.55 bits per heavy atom. The molecule has 164 valence electrons. The lowest BCUT2D eigenvalue weighted by atomic mass is 9.94. The molecule has 2 rings (SSSR count). The van der Waals surface area contributed by atoms with E-state index >= 15 is 0 Å². The first-order chi connectivity index (χ1) is 13.6. The van der Waals surface area contributed by atoms with Crippen molar-refractivity contribution in [2.24, 2.45) is 5.92 Å². The highest BCUT2D eigenvalue weighted by Gasteiger charge is 2.58. The quantitative estimate of drug-likeness (QED) is 0.607. The van der Waals surface area contributed by atoms with Gasteiger partial charge in [-0.2, -0.15) is 13.2 Å². The molecule has 1 aliphatic heterocycles. The second-order valence-electron chi connectivity index (χ2n) is 7.12. The molecule has 1 atom stereocenters. The second kappa shape index (κ2) is 9.86. The van der Waals surface area contributed by atoms with E-state index in [9.17, 15) is 27.9 Å². The van der Waals surface area contributed by atoms with E-state index in [-0.39, 0.29) is 24.9 Å². The van der Waals surface area contributed by atoms with Gasteiger partial charge in [-0.15, -0.1) is 11.3 Å². The van der Waals surface area contributed by atoms with E-state index in [1.807, 2.05) is 0 Å². The number of rotatable bonds is 8. The zero-order valence-corrected chi connectivity index (χ0v) is 17.2. The average molecular weight is 437 g/mol. The van der Waals surface area contributed by atoms with Crippen molar-refractivity contribution < 1.29 is 32.6 Å². The number of ether oxygens (including phenoxy) is 1. The molecule has 0 aliphatic carbocycles. The Morgan fingerprint density at radius 2 is 2.03 bits per heavy atom. The normalized spacial score (nSPS) is 17.8. The SMILES string of the molecule is COCCCNC(=O)C1CCN(C(=O)CC(O)(c2nc(C)cs2)C(F)(F)F)CC1. The fourth-order valence-electron chi connectivity index (χ4n) is 3.14. The van der Waals surface area contributed by atoms with Crippen molar-refractivity contribution in [3.05, 3.63) is 16.1 Å². The Bertz CT molecular complexity index is 705. The molecule has 0 radical (unpaired) electrons. The van der Waals surface area contributed by atoms with Crippen molar-refractivity contribution in [2.75, 3.05) is 33.4 Å². The zero-order valence-electron chi connectivity index (χ0n) is 16.4. The number of hydrogen-bond donors (Lipinski definition) is 2. The molecule has 2 heterocycles. The van der Waals surface area contributed by atoms with Crippen LogP contribution >= 0.6 is 11.3 Å². The molecule has 11 heteroatoms. The summed E-state index contributed by atoms with van der Waals surface area (Å²) < 4.78 is 45.6. The fourth-order valence-corrected chi connectivity index (χ4v) is 4.05. The van der Waals surface area contributed by atoms with Crippen molar-refractivity contribution >= 4 is 23.2 Å². The van der Waals surface area contributed by atoms with Gasteiger partial charge in [0.25, 0.3) is 0 Å². The molecule has 1 fully saturated rings. The van der Waals surface area contributed by atoms with Gasteiger partial charge in [-0.05, 0) is 26.2 Å². The van der Waals surface area contributed by atoms with Gasteiger partial charge in [0.2, 0.25) is 17.4 Å². The van der Waals surface area contributed by atoms with Gasteiger partial charge in [-0.1, -0.05) is 0 Å². The summed E-state index contributed by atoms with van der Waals surface area (Å²) in [7, 11) is 1.57. The number of halogens is 3. The summed E-state index contributed by atoms with van der Waals surface area (Å²) in [5, 5.41) is 14.0. The van der Waals surface area contributed by atoms with E-state index in [1.165, 1.54) is 17.2 Å². The smallest absolute Gasteiger partial charge is 0.385 e. The van der Waals surface area contributed by atoms with Gasteiger partial charge in [0, 0.05) is 50.3 Å². The largest absolute Gasteiger partial charge is 0.424 e. The van der Waals surface area contributed by atoms with Crippen molar-refractivity contribution in [2.45, 2.75) is 44.4 Å². The van der Waals surface area contributed by atoms with Crippen LogP contribution in [0.25, 0.3) is 0 Å². The number of amides is 2. The van der Waals surface area contributed by atoms with Crippen molar-refractivity contribution in [3.8, 4) is 0 Å². The van der Waals surface area contributed by atoms with Crippen LogP contribution in [0.3, 0.4) is 0 Å². The summed E-state index contributed by atoms with van der Waals surface area (Å²) in [6, 6.07) is 0. The lowest BCUT2D eigenvalue weighted by molar-refractivity contribution is -0.268.